The van der Waals surface area contributed by atoms with Gasteiger partial charge in [-0.1, -0.05) is 47.3 Å². The molecule has 0 aliphatic carbocycles. The van der Waals surface area contributed by atoms with Gasteiger partial charge in [-0.15, -0.1) is 18.2 Å². The van der Waals surface area contributed by atoms with Crippen LogP contribution in [-0.2, 0) is 20.1 Å². The van der Waals surface area contributed by atoms with E-state index >= 15 is 0 Å². The average molecular weight is 895 g/mol. The molecule has 0 aliphatic heterocycles. The second kappa shape index (κ2) is 15.1. The third-order valence-corrected chi connectivity index (χ3v) is 12.6. The van der Waals surface area contributed by atoms with Crippen molar-refractivity contribution in [2.24, 2.45) is 0 Å². The molecule has 1 radical (unpaired) electrons. The van der Waals surface area contributed by atoms with Gasteiger partial charge < -0.3 is 9.40 Å². The maximum absolute atomic E-state index is 13.7. The fourth-order valence-corrected chi connectivity index (χ4v) is 9.06. The van der Waals surface area contributed by atoms with E-state index in [-0.39, 0.29) is 31.5 Å². The van der Waals surface area contributed by atoms with E-state index in [1.54, 1.807) is 18.2 Å². The Labute approximate surface area is 313 Å². The number of pyridine rings is 2. The molecule has 8 aromatic rings. The summed E-state index contributed by atoms with van der Waals surface area (Å²) in [5.41, 5.74) is 8.29. The van der Waals surface area contributed by atoms with Crippen LogP contribution in [0.15, 0.2) is 144 Å². The first-order chi connectivity index (χ1) is 25.0. The van der Waals surface area contributed by atoms with Crippen LogP contribution in [0.2, 0.25) is 17.3 Å². The molecule has 0 saturated carbocycles. The Morgan fingerprint density at radius 3 is 2.04 bits per heavy atom. The Morgan fingerprint density at radius 1 is 0.680 bits per heavy atom. The summed E-state index contributed by atoms with van der Waals surface area (Å²) >= 11 is -1.99. The van der Waals surface area contributed by atoms with Crippen molar-refractivity contribution in [3.05, 3.63) is 163 Å². The number of benzene rings is 5. The number of aryl methyl sites for hydroxylation is 1. The van der Waals surface area contributed by atoms with Crippen molar-refractivity contribution in [2.75, 3.05) is 0 Å². The Balaban J connectivity index is 0.000000187. The van der Waals surface area contributed by atoms with E-state index in [1.807, 2.05) is 54.6 Å². The van der Waals surface area contributed by atoms with Crippen LogP contribution in [0.5, 0.6) is 0 Å². The molecule has 0 aliphatic rings. The molecule has 3 nitrogen and oxygen atoms in total. The quantitative estimate of drug-likeness (QED) is 0.128. The second-order valence-corrected chi connectivity index (χ2v) is 23.4. The molecular formula is C44H35FGeIrN2O-2. The second-order valence-electron chi connectivity index (χ2n) is 12.8. The molecule has 3 aromatic heterocycles. The van der Waals surface area contributed by atoms with Crippen molar-refractivity contribution in [3.63, 3.8) is 0 Å². The first kappa shape index (κ1) is 31.3. The van der Waals surface area contributed by atoms with Crippen LogP contribution in [0.3, 0.4) is 0 Å². The standard InChI is InChI=1S/C24H15FNO.C20H20GeN.Ir/c1-15-14-26-22(13-21(15)16-6-3-2-4-7-16)20-9-5-8-19-18-11-10-17(25)12-23(18)27-24(19)20;1-21(2,3)19-15-22-20(17-12-8-5-9-13-17)14-18(19)16-10-6-4-7-11-16;/h2-8,10-14H,1H3;4-12,14-15H,1-3H3;/q2*-1;/i1D3;;. The van der Waals surface area contributed by atoms with Crippen LogP contribution in [0.4, 0.5) is 4.39 Å². The normalized spacial score (nSPS) is 12.3. The van der Waals surface area contributed by atoms with Gasteiger partial charge in [0.2, 0.25) is 0 Å². The summed E-state index contributed by atoms with van der Waals surface area (Å²) in [6, 6.07) is 46.4. The Hall–Kier alpha value is -4.68. The number of furan rings is 1. The van der Waals surface area contributed by atoms with Crippen molar-refractivity contribution < 1.29 is 33.0 Å². The SMILES string of the molecule is [2H]C([2H])([2H])c1cnc(-c2[c-]ccc3c2oc2cc(F)ccc23)cc1-c1ccccc1.[CH3][Ge]([CH3])([CH3])[c]1cnc(-c2[c-]cccc2)cc1-c1ccccc1.[Ir]. The average Bonchev–Trinajstić information content (AvgIpc) is 3.53. The van der Waals surface area contributed by atoms with Crippen LogP contribution in [0.1, 0.15) is 9.68 Å². The van der Waals surface area contributed by atoms with Crippen LogP contribution < -0.4 is 4.40 Å². The zero-order chi connectivity index (χ0) is 36.5. The summed E-state index contributed by atoms with van der Waals surface area (Å²) in [5.74, 6) is 6.87. The summed E-state index contributed by atoms with van der Waals surface area (Å²) in [5, 5.41) is 1.62. The fourth-order valence-electron chi connectivity index (χ4n) is 5.96. The molecule has 0 spiro atoms. The van der Waals surface area contributed by atoms with E-state index in [0.29, 0.717) is 28.0 Å². The van der Waals surface area contributed by atoms with Crippen LogP contribution in [0, 0.1) is 24.8 Å². The number of fused-ring (bicyclic) bond motifs is 3. The van der Waals surface area contributed by atoms with Crippen molar-refractivity contribution in [1.29, 1.82) is 0 Å². The number of rotatable bonds is 5. The fraction of sp³-hybridized carbons (Fsp3) is 0.0909. The van der Waals surface area contributed by atoms with Crippen molar-refractivity contribution in [1.82, 2.24) is 9.97 Å². The minimum Gasteiger partial charge on any atom is 0 e. The molecule has 0 N–H and O–H groups in total. The van der Waals surface area contributed by atoms with Gasteiger partial charge in [0.25, 0.3) is 0 Å². The van der Waals surface area contributed by atoms with Gasteiger partial charge in [-0.05, 0) is 41.4 Å². The molecule has 0 amide bonds. The van der Waals surface area contributed by atoms with Gasteiger partial charge in [0.15, 0.2) is 0 Å². The molecule has 0 saturated heterocycles. The summed E-state index contributed by atoms with van der Waals surface area (Å²) < 4.78 is 44.7. The van der Waals surface area contributed by atoms with Crippen molar-refractivity contribution >= 4 is 39.6 Å². The molecular weight excluding hydrogens is 856 g/mol. The zero-order valence-electron chi connectivity index (χ0n) is 30.8. The predicted octanol–water partition coefficient (Wildman–Crippen LogP) is 11.3. The van der Waals surface area contributed by atoms with Crippen molar-refractivity contribution in [2.45, 2.75) is 24.1 Å². The molecule has 3 heterocycles. The molecule has 249 valence electrons. The first-order valence-corrected chi connectivity index (χ1v) is 23.4. The van der Waals surface area contributed by atoms with E-state index in [0.717, 1.165) is 27.6 Å². The monoisotopic (exact) mass is 896 g/mol. The summed E-state index contributed by atoms with van der Waals surface area (Å²) in [6.07, 6.45) is 3.48. The third-order valence-electron chi connectivity index (χ3n) is 8.42. The van der Waals surface area contributed by atoms with Gasteiger partial charge in [0.1, 0.15) is 11.4 Å². The number of aromatic nitrogens is 2. The predicted molar refractivity (Wildman–Crippen MR) is 203 cm³/mol. The third kappa shape index (κ3) is 7.41. The van der Waals surface area contributed by atoms with Gasteiger partial charge in [0, 0.05) is 41.9 Å². The van der Waals surface area contributed by atoms with Gasteiger partial charge in [0.05, 0.1) is 5.58 Å². The van der Waals surface area contributed by atoms with Crippen LogP contribution >= 0.6 is 0 Å². The molecule has 0 bridgehead atoms. The molecule has 0 atom stereocenters. The molecule has 6 heteroatoms. The van der Waals surface area contributed by atoms with E-state index in [1.165, 1.54) is 33.9 Å². The van der Waals surface area contributed by atoms with E-state index in [4.69, 9.17) is 13.5 Å². The minimum atomic E-state index is -2.30. The van der Waals surface area contributed by atoms with Gasteiger partial charge in [-0.2, -0.15) is 0 Å². The molecule has 5 aromatic carbocycles. The Morgan fingerprint density at radius 2 is 1.36 bits per heavy atom. The molecule has 8 rings (SSSR count). The number of hydrogen-bond donors (Lipinski definition) is 0. The molecule has 0 fully saturated rings. The summed E-state index contributed by atoms with van der Waals surface area (Å²) in [4.78, 5) is 9.13. The molecule has 50 heavy (non-hydrogen) atoms. The Bertz CT molecular complexity index is 2500. The van der Waals surface area contributed by atoms with Gasteiger partial charge >= 0.3 is 135 Å². The smallest absolute Gasteiger partial charge is 0 e. The van der Waals surface area contributed by atoms with Crippen LogP contribution in [-0.4, -0.2) is 23.2 Å². The Kier molecular flexibility index (Phi) is 9.43. The first-order valence-electron chi connectivity index (χ1n) is 17.6. The summed E-state index contributed by atoms with van der Waals surface area (Å²) in [7, 11) is 0. The van der Waals surface area contributed by atoms with E-state index < -0.39 is 20.1 Å². The summed E-state index contributed by atoms with van der Waals surface area (Å²) in [6.45, 7) is -2.30. The maximum Gasteiger partial charge on any atom is 0 e. The van der Waals surface area contributed by atoms with E-state index in [9.17, 15) is 4.39 Å². The van der Waals surface area contributed by atoms with Crippen LogP contribution in [0.25, 0.3) is 66.7 Å². The topological polar surface area (TPSA) is 38.9 Å². The molecule has 0 unspecified atom stereocenters. The van der Waals surface area contributed by atoms with E-state index in [2.05, 4.69) is 83.0 Å². The van der Waals surface area contributed by atoms with Crippen molar-refractivity contribution in [3.8, 4) is 44.8 Å². The zero-order valence-corrected chi connectivity index (χ0v) is 32.3. The van der Waals surface area contributed by atoms with Gasteiger partial charge in [-0.3, -0.25) is 0 Å². The maximum atomic E-state index is 13.7. The number of hydrogen-bond acceptors (Lipinski definition) is 3. The number of halogens is 1. The van der Waals surface area contributed by atoms with Gasteiger partial charge in [-0.25, -0.2) is 4.39 Å². The number of nitrogens with zero attached hydrogens (tertiary/aromatic N) is 2. The largest absolute Gasteiger partial charge is 0 e. The minimum absolute atomic E-state index is 0.